The van der Waals surface area contributed by atoms with E-state index in [1.165, 1.54) is 18.2 Å². The Hall–Kier alpha value is -2.15. The quantitative estimate of drug-likeness (QED) is 0.694. The number of carboxylic acids is 1. The third kappa shape index (κ3) is 4.47. The summed E-state index contributed by atoms with van der Waals surface area (Å²) in [6.45, 7) is 0.912. The molecule has 1 aromatic carbocycles. The number of carboxylic acid groups (broad SMARTS) is 1. The van der Waals surface area contributed by atoms with Crippen LogP contribution in [0.1, 0.15) is 5.56 Å². The van der Waals surface area contributed by atoms with Gasteiger partial charge in [0.25, 0.3) is 0 Å². The third-order valence-electron chi connectivity index (χ3n) is 1.78. The van der Waals surface area contributed by atoms with E-state index in [-0.39, 0.29) is 5.82 Å². The topological polar surface area (TPSA) is 87.7 Å². The third-order valence-corrected chi connectivity index (χ3v) is 1.78. The van der Waals surface area contributed by atoms with Crippen molar-refractivity contribution in [2.24, 2.45) is 0 Å². The molecule has 0 bridgehead atoms. The predicted octanol–water partition coefficient (Wildman–Crippen LogP) is 1.27. The van der Waals surface area contributed by atoms with Gasteiger partial charge >= 0.3 is 12.0 Å². The molecule has 0 aromatic heterocycles. The van der Waals surface area contributed by atoms with E-state index in [1.807, 2.05) is 5.48 Å². The van der Waals surface area contributed by atoms with Crippen LogP contribution in [-0.2, 0) is 9.63 Å². The molecule has 92 valence electrons. The second-order valence-electron chi connectivity index (χ2n) is 3.20. The number of urea groups is 1. The number of rotatable bonds is 4. The number of anilines is 1. The Morgan fingerprint density at radius 1 is 1.47 bits per heavy atom. The van der Waals surface area contributed by atoms with E-state index < -0.39 is 18.6 Å². The van der Waals surface area contributed by atoms with Gasteiger partial charge < -0.3 is 10.4 Å². The number of carbonyl (C=O) groups excluding carboxylic acids is 1. The van der Waals surface area contributed by atoms with Gasteiger partial charge in [-0.25, -0.2) is 19.5 Å². The summed E-state index contributed by atoms with van der Waals surface area (Å²) < 4.78 is 12.9. The molecule has 0 unspecified atom stereocenters. The van der Waals surface area contributed by atoms with Gasteiger partial charge in [-0.1, -0.05) is 0 Å². The van der Waals surface area contributed by atoms with Crippen LogP contribution in [-0.4, -0.2) is 23.7 Å². The Bertz CT molecular complexity index is 436. The van der Waals surface area contributed by atoms with E-state index in [0.717, 1.165) is 0 Å². The largest absolute Gasteiger partial charge is 0.479 e. The minimum atomic E-state index is -1.21. The van der Waals surface area contributed by atoms with Gasteiger partial charge in [-0.05, 0) is 30.7 Å². The minimum absolute atomic E-state index is 0.375. The Morgan fingerprint density at radius 3 is 2.76 bits per heavy atom. The summed E-state index contributed by atoms with van der Waals surface area (Å²) in [5.74, 6) is -1.58. The minimum Gasteiger partial charge on any atom is -0.479 e. The smallest absolute Gasteiger partial charge is 0.343 e. The normalized spacial score (nSPS) is 9.76. The number of hydrogen-bond acceptors (Lipinski definition) is 3. The fourth-order valence-corrected chi connectivity index (χ4v) is 1.04. The Labute approximate surface area is 96.3 Å². The fraction of sp³-hybridized carbons (Fsp3) is 0.200. The van der Waals surface area contributed by atoms with Crippen LogP contribution in [0.5, 0.6) is 0 Å². The standard InChI is InChI=1S/C10H11FN2O4/c1-6-4-7(2-3-8(6)11)12-10(16)13-17-5-9(14)15/h2-4H,5H2,1H3,(H,14,15)(H2,12,13,16). The molecule has 6 nitrogen and oxygen atoms in total. The first-order valence-corrected chi connectivity index (χ1v) is 4.66. The first kappa shape index (κ1) is 12.9. The molecule has 1 aromatic rings. The highest BCUT2D eigenvalue weighted by Crippen LogP contribution is 2.13. The van der Waals surface area contributed by atoms with Crippen molar-refractivity contribution in [3.8, 4) is 0 Å². The lowest BCUT2D eigenvalue weighted by Crippen LogP contribution is -2.30. The van der Waals surface area contributed by atoms with Crippen LogP contribution in [0.3, 0.4) is 0 Å². The number of benzene rings is 1. The molecule has 0 saturated carbocycles. The van der Waals surface area contributed by atoms with Crippen molar-refractivity contribution in [1.29, 1.82) is 0 Å². The van der Waals surface area contributed by atoms with Gasteiger partial charge in [-0.2, -0.15) is 0 Å². The molecule has 0 saturated heterocycles. The zero-order chi connectivity index (χ0) is 12.8. The summed E-state index contributed by atoms with van der Waals surface area (Å²) in [5, 5.41) is 10.6. The highest BCUT2D eigenvalue weighted by molar-refractivity contribution is 5.88. The average molecular weight is 242 g/mol. The molecule has 7 heteroatoms. The summed E-state index contributed by atoms with van der Waals surface area (Å²) in [7, 11) is 0. The number of hydroxylamine groups is 1. The molecule has 0 heterocycles. The maximum absolute atomic E-state index is 12.9. The number of nitrogens with one attached hydrogen (secondary N) is 2. The summed E-state index contributed by atoms with van der Waals surface area (Å²) in [6, 6.07) is 3.28. The maximum atomic E-state index is 12.9. The molecule has 0 aliphatic carbocycles. The summed E-state index contributed by atoms with van der Waals surface area (Å²) >= 11 is 0. The average Bonchev–Trinajstić information content (AvgIpc) is 2.23. The van der Waals surface area contributed by atoms with Gasteiger partial charge in [0.1, 0.15) is 5.82 Å². The van der Waals surface area contributed by atoms with Crippen molar-refractivity contribution in [3.05, 3.63) is 29.6 Å². The van der Waals surface area contributed by atoms with Crippen LogP contribution in [0.2, 0.25) is 0 Å². The highest BCUT2D eigenvalue weighted by atomic mass is 19.1. The molecule has 17 heavy (non-hydrogen) atoms. The van der Waals surface area contributed by atoms with Crippen LogP contribution >= 0.6 is 0 Å². The highest BCUT2D eigenvalue weighted by Gasteiger charge is 2.04. The zero-order valence-electron chi connectivity index (χ0n) is 8.99. The summed E-state index contributed by atoms with van der Waals surface area (Å²) in [4.78, 5) is 25.6. The Morgan fingerprint density at radius 2 is 2.18 bits per heavy atom. The van der Waals surface area contributed by atoms with Crippen LogP contribution in [0.15, 0.2) is 18.2 Å². The predicted molar refractivity (Wildman–Crippen MR) is 56.9 cm³/mol. The van der Waals surface area contributed by atoms with Gasteiger partial charge in [0.05, 0.1) is 0 Å². The molecule has 0 atom stereocenters. The van der Waals surface area contributed by atoms with Crippen LogP contribution in [0, 0.1) is 12.7 Å². The van der Waals surface area contributed by atoms with E-state index in [1.54, 1.807) is 6.92 Å². The van der Waals surface area contributed by atoms with Gasteiger partial charge in [-0.15, -0.1) is 0 Å². The van der Waals surface area contributed by atoms with Crippen molar-refractivity contribution in [3.63, 3.8) is 0 Å². The molecule has 0 spiro atoms. The second kappa shape index (κ2) is 5.80. The first-order valence-electron chi connectivity index (χ1n) is 4.66. The fourth-order valence-electron chi connectivity index (χ4n) is 1.04. The number of hydrogen-bond donors (Lipinski definition) is 3. The van der Waals surface area contributed by atoms with Crippen molar-refractivity contribution in [2.45, 2.75) is 6.92 Å². The van der Waals surface area contributed by atoms with Crippen molar-refractivity contribution in [1.82, 2.24) is 5.48 Å². The van der Waals surface area contributed by atoms with E-state index >= 15 is 0 Å². The van der Waals surface area contributed by atoms with Crippen molar-refractivity contribution >= 4 is 17.7 Å². The molecule has 0 radical (unpaired) electrons. The van der Waals surface area contributed by atoms with E-state index in [4.69, 9.17) is 5.11 Å². The molecular weight excluding hydrogens is 231 g/mol. The Kier molecular flexibility index (Phi) is 4.41. The van der Waals surface area contributed by atoms with Gasteiger partial charge in [0.2, 0.25) is 0 Å². The molecule has 0 aliphatic rings. The van der Waals surface area contributed by atoms with Crippen molar-refractivity contribution < 1.29 is 23.9 Å². The van der Waals surface area contributed by atoms with Crippen LogP contribution in [0.25, 0.3) is 0 Å². The van der Waals surface area contributed by atoms with Gasteiger partial charge in [0.15, 0.2) is 6.61 Å². The molecule has 2 amide bonds. The number of aryl methyl sites for hydroxylation is 1. The number of carbonyl (C=O) groups is 2. The van der Waals surface area contributed by atoms with Crippen LogP contribution in [0.4, 0.5) is 14.9 Å². The SMILES string of the molecule is Cc1cc(NC(=O)NOCC(=O)O)ccc1F. The summed E-state index contributed by atoms with van der Waals surface area (Å²) in [5.41, 5.74) is 2.63. The first-order chi connectivity index (χ1) is 7.99. The zero-order valence-corrected chi connectivity index (χ0v) is 8.99. The Balaban J connectivity index is 2.45. The lowest BCUT2D eigenvalue weighted by atomic mass is 10.2. The van der Waals surface area contributed by atoms with Crippen molar-refractivity contribution in [2.75, 3.05) is 11.9 Å². The monoisotopic (exact) mass is 242 g/mol. The van der Waals surface area contributed by atoms with Gasteiger partial charge in [-0.3, -0.25) is 4.84 Å². The van der Waals surface area contributed by atoms with Crippen LogP contribution < -0.4 is 10.8 Å². The van der Waals surface area contributed by atoms with E-state index in [9.17, 15) is 14.0 Å². The molecular formula is C10H11FN2O4. The van der Waals surface area contributed by atoms with Gasteiger partial charge in [0, 0.05) is 5.69 Å². The number of amides is 2. The molecule has 1 rings (SSSR count). The van der Waals surface area contributed by atoms with E-state index in [0.29, 0.717) is 11.3 Å². The molecule has 0 fully saturated rings. The molecule has 0 aliphatic heterocycles. The lowest BCUT2D eigenvalue weighted by Gasteiger charge is -2.07. The number of aliphatic carboxylic acids is 1. The van der Waals surface area contributed by atoms with E-state index in [2.05, 4.69) is 10.2 Å². The lowest BCUT2D eigenvalue weighted by molar-refractivity contribution is -0.143. The molecule has 3 N–H and O–H groups in total. The summed E-state index contributed by atoms with van der Waals surface area (Å²) in [6.07, 6.45) is 0. The maximum Gasteiger partial charge on any atom is 0.343 e. The number of halogens is 1. The second-order valence-corrected chi connectivity index (χ2v) is 3.20.